The minimum Gasteiger partial charge on any atom is -0.481 e. The number of carbonyl (C=O) groups is 1. The lowest BCUT2D eigenvalue weighted by molar-refractivity contribution is -0.137. The summed E-state index contributed by atoms with van der Waals surface area (Å²) in [5, 5.41) is 8.78. The van der Waals surface area contributed by atoms with E-state index in [4.69, 9.17) is 10.1 Å². The molecule has 1 atom stereocenters. The number of benzene rings is 1. The lowest BCUT2D eigenvalue weighted by Gasteiger charge is -2.32. The van der Waals surface area contributed by atoms with Gasteiger partial charge >= 0.3 is 5.97 Å². The number of carboxylic acids is 1. The van der Waals surface area contributed by atoms with Crippen LogP contribution in [0.4, 0.5) is 0 Å². The quantitative estimate of drug-likeness (QED) is 0.207. The van der Waals surface area contributed by atoms with Crippen LogP contribution in [0.2, 0.25) is 0 Å². The summed E-state index contributed by atoms with van der Waals surface area (Å²) in [7, 11) is 0. The number of hydrogen-bond donors (Lipinski definition) is 1. The summed E-state index contributed by atoms with van der Waals surface area (Å²) in [6.07, 6.45) is 27.2. The van der Waals surface area contributed by atoms with Crippen molar-refractivity contribution < 1.29 is 9.90 Å². The maximum atomic E-state index is 10.7. The van der Waals surface area contributed by atoms with Crippen molar-refractivity contribution in [2.45, 2.75) is 115 Å². The minimum absolute atomic E-state index is 0.0283. The highest BCUT2D eigenvalue weighted by atomic mass is 16.4. The summed E-state index contributed by atoms with van der Waals surface area (Å²) in [4.78, 5) is 15.7. The van der Waals surface area contributed by atoms with Crippen LogP contribution >= 0.6 is 0 Å². The fraction of sp³-hybridized carbons (Fsp3) is 0.529. The van der Waals surface area contributed by atoms with Gasteiger partial charge in [-0.25, -0.2) is 0 Å². The molecule has 0 spiro atoms. The van der Waals surface area contributed by atoms with E-state index in [1.165, 1.54) is 80.2 Å². The second kappa shape index (κ2) is 16.2. The van der Waals surface area contributed by atoms with Crippen molar-refractivity contribution in [3.05, 3.63) is 83.7 Å². The maximum Gasteiger partial charge on any atom is 0.303 e. The molecule has 3 rings (SSSR count). The van der Waals surface area contributed by atoms with Gasteiger partial charge in [0, 0.05) is 18.0 Å². The summed E-state index contributed by atoms with van der Waals surface area (Å²) in [6.45, 7) is 2.27. The fourth-order valence-corrected chi connectivity index (χ4v) is 5.43. The molecule has 1 unspecified atom stereocenters. The number of carboxylic acid groups (broad SMARTS) is 1. The predicted molar refractivity (Wildman–Crippen MR) is 156 cm³/mol. The van der Waals surface area contributed by atoms with Crippen molar-refractivity contribution in [1.29, 1.82) is 0 Å². The van der Waals surface area contributed by atoms with Crippen LogP contribution in [0.25, 0.3) is 5.57 Å². The minimum atomic E-state index is -0.677. The van der Waals surface area contributed by atoms with Crippen molar-refractivity contribution >= 4 is 11.5 Å². The zero-order chi connectivity index (χ0) is 26.2. The fourth-order valence-electron chi connectivity index (χ4n) is 5.43. The van der Waals surface area contributed by atoms with E-state index in [0.29, 0.717) is 6.42 Å². The lowest BCUT2D eigenvalue weighted by atomic mass is 9.72. The molecule has 1 heterocycles. The van der Waals surface area contributed by atoms with E-state index in [9.17, 15) is 4.79 Å². The average Bonchev–Trinajstić information content (AvgIpc) is 2.93. The highest BCUT2D eigenvalue weighted by Crippen LogP contribution is 2.40. The Balaban J connectivity index is 1.57. The number of unbranched alkanes of at least 4 members (excludes halogenated alkanes) is 10. The summed E-state index contributed by atoms with van der Waals surface area (Å²) in [6, 6.07) is 15.3. The standard InChI is InChI=1S/C34H47NO2/c1-2-3-4-8-12-17-29-21-22-32(35-28-29)34(25-16-10-7-5-6-9-15-20-33(36)37)26-23-31(24-27-34)30-18-13-11-14-19-30/h11,13-14,18-19,21-24,26,28H,2-10,12,15-17,20,25,27H2,1H3,(H,36,37). The van der Waals surface area contributed by atoms with Crippen LogP contribution in [0.1, 0.15) is 120 Å². The zero-order valence-electron chi connectivity index (χ0n) is 23.0. The van der Waals surface area contributed by atoms with Gasteiger partial charge < -0.3 is 5.11 Å². The van der Waals surface area contributed by atoms with Gasteiger partial charge in [-0.3, -0.25) is 9.78 Å². The number of nitrogens with zero attached hydrogens (tertiary/aromatic N) is 1. The molecule has 1 aliphatic carbocycles. The Labute approximate surface area is 225 Å². The van der Waals surface area contributed by atoms with Crippen molar-refractivity contribution in [2.75, 3.05) is 0 Å². The molecular formula is C34H47NO2. The molecule has 0 saturated carbocycles. The van der Waals surface area contributed by atoms with Crippen LogP contribution < -0.4 is 0 Å². The third-order valence-corrected chi connectivity index (χ3v) is 7.79. The molecule has 1 N–H and O–H groups in total. The van der Waals surface area contributed by atoms with E-state index in [2.05, 4.69) is 73.8 Å². The lowest BCUT2D eigenvalue weighted by Crippen LogP contribution is -2.26. The molecule has 37 heavy (non-hydrogen) atoms. The number of pyridine rings is 1. The normalized spacial score (nSPS) is 17.1. The summed E-state index contributed by atoms with van der Waals surface area (Å²) < 4.78 is 0. The van der Waals surface area contributed by atoms with Gasteiger partial charge in [-0.05, 0) is 54.9 Å². The zero-order valence-corrected chi connectivity index (χ0v) is 23.0. The molecule has 1 aromatic carbocycles. The smallest absolute Gasteiger partial charge is 0.303 e. The number of aryl methyl sites for hydroxylation is 1. The van der Waals surface area contributed by atoms with E-state index in [0.717, 1.165) is 38.5 Å². The second-order valence-corrected chi connectivity index (χ2v) is 10.8. The molecule has 1 aromatic heterocycles. The van der Waals surface area contributed by atoms with Gasteiger partial charge in [0.2, 0.25) is 0 Å². The maximum absolute atomic E-state index is 10.7. The molecule has 0 aliphatic heterocycles. The Morgan fingerprint density at radius 3 is 2.22 bits per heavy atom. The molecule has 3 nitrogen and oxygen atoms in total. The van der Waals surface area contributed by atoms with Crippen LogP contribution in [-0.4, -0.2) is 16.1 Å². The SMILES string of the molecule is CCCCCCCc1ccc(C2(CCCCCCCCCC(=O)O)C=CC(c3ccccc3)=CC2)nc1. The number of aromatic nitrogens is 1. The molecular weight excluding hydrogens is 454 g/mol. The molecule has 0 bridgehead atoms. The third kappa shape index (κ3) is 9.95. The highest BCUT2D eigenvalue weighted by Gasteiger charge is 2.31. The van der Waals surface area contributed by atoms with Gasteiger partial charge in [-0.1, -0.05) is 126 Å². The number of rotatable bonds is 18. The van der Waals surface area contributed by atoms with Gasteiger partial charge in [0.05, 0.1) is 5.69 Å². The van der Waals surface area contributed by atoms with Crippen LogP contribution in [0, 0.1) is 0 Å². The van der Waals surface area contributed by atoms with Gasteiger partial charge in [0.25, 0.3) is 0 Å². The van der Waals surface area contributed by atoms with Crippen molar-refractivity contribution in [1.82, 2.24) is 4.98 Å². The van der Waals surface area contributed by atoms with E-state index < -0.39 is 5.97 Å². The van der Waals surface area contributed by atoms with Gasteiger partial charge in [0.1, 0.15) is 0 Å². The topological polar surface area (TPSA) is 50.2 Å². The Morgan fingerprint density at radius 2 is 1.57 bits per heavy atom. The van der Waals surface area contributed by atoms with Crippen LogP contribution in [-0.2, 0) is 16.6 Å². The number of allylic oxidation sites excluding steroid dienone is 4. The van der Waals surface area contributed by atoms with E-state index in [-0.39, 0.29) is 5.41 Å². The second-order valence-electron chi connectivity index (χ2n) is 10.8. The van der Waals surface area contributed by atoms with Crippen molar-refractivity contribution in [3.63, 3.8) is 0 Å². The molecule has 0 radical (unpaired) electrons. The van der Waals surface area contributed by atoms with Crippen molar-refractivity contribution in [2.24, 2.45) is 0 Å². The molecule has 1 aliphatic rings. The number of hydrogen-bond acceptors (Lipinski definition) is 2. The summed E-state index contributed by atoms with van der Waals surface area (Å²) >= 11 is 0. The molecule has 2 aromatic rings. The Bertz CT molecular complexity index is 977. The number of aliphatic carboxylic acids is 1. The third-order valence-electron chi connectivity index (χ3n) is 7.79. The van der Waals surface area contributed by atoms with Crippen LogP contribution in [0.5, 0.6) is 0 Å². The first-order valence-corrected chi connectivity index (χ1v) is 14.7. The Morgan fingerprint density at radius 1 is 0.865 bits per heavy atom. The van der Waals surface area contributed by atoms with Crippen LogP contribution in [0.15, 0.2) is 66.9 Å². The first-order valence-electron chi connectivity index (χ1n) is 14.7. The Kier molecular flexibility index (Phi) is 12.7. The van der Waals surface area contributed by atoms with Crippen LogP contribution in [0.3, 0.4) is 0 Å². The molecule has 0 fully saturated rings. The highest BCUT2D eigenvalue weighted by molar-refractivity contribution is 5.75. The first kappa shape index (κ1) is 28.9. The molecule has 0 amide bonds. The summed E-state index contributed by atoms with van der Waals surface area (Å²) in [5.74, 6) is -0.677. The van der Waals surface area contributed by atoms with E-state index in [1.54, 1.807) is 0 Å². The Hall–Kier alpha value is -2.68. The van der Waals surface area contributed by atoms with E-state index in [1.807, 2.05) is 0 Å². The molecule has 3 heteroatoms. The first-order chi connectivity index (χ1) is 18.1. The van der Waals surface area contributed by atoms with Gasteiger partial charge in [-0.15, -0.1) is 0 Å². The largest absolute Gasteiger partial charge is 0.481 e. The monoisotopic (exact) mass is 501 g/mol. The average molecular weight is 502 g/mol. The van der Waals surface area contributed by atoms with Gasteiger partial charge in [0.15, 0.2) is 0 Å². The molecule has 0 saturated heterocycles. The molecule has 200 valence electrons. The summed E-state index contributed by atoms with van der Waals surface area (Å²) in [5.41, 5.74) is 5.12. The van der Waals surface area contributed by atoms with Crippen molar-refractivity contribution in [3.8, 4) is 0 Å². The predicted octanol–water partition coefficient (Wildman–Crippen LogP) is 9.47. The van der Waals surface area contributed by atoms with Gasteiger partial charge in [-0.2, -0.15) is 0 Å². The van der Waals surface area contributed by atoms with E-state index >= 15 is 0 Å².